The second-order valence-corrected chi connectivity index (χ2v) is 7.06. The van der Waals surface area contributed by atoms with Gasteiger partial charge in [-0.15, -0.1) is 0 Å². The first-order chi connectivity index (χ1) is 10.6. The fourth-order valence-electron chi connectivity index (χ4n) is 3.35. The van der Waals surface area contributed by atoms with Crippen LogP contribution in [0.25, 0.3) is 0 Å². The molecule has 1 amide bonds. The summed E-state index contributed by atoms with van der Waals surface area (Å²) < 4.78 is 0. The number of aliphatic hydroxyl groups is 1. The number of carbonyl (C=O) groups excluding carboxylic acids is 1. The van der Waals surface area contributed by atoms with Gasteiger partial charge < -0.3 is 10.4 Å². The Bertz CT molecular complexity index is 498. The van der Waals surface area contributed by atoms with Gasteiger partial charge in [-0.2, -0.15) is 0 Å². The number of rotatable bonds is 7. The minimum Gasteiger partial charge on any atom is -0.396 e. The van der Waals surface area contributed by atoms with Gasteiger partial charge in [-0.3, -0.25) is 4.79 Å². The molecule has 0 radical (unpaired) electrons. The van der Waals surface area contributed by atoms with E-state index in [1.165, 1.54) is 0 Å². The van der Waals surface area contributed by atoms with Crippen LogP contribution in [0.2, 0.25) is 5.02 Å². The Hall–Kier alpha value is -1.06. The van der Waals surface area contributed by atoms with Gasteiger partial charge >= 0.3 is 0 Å². The molecule has 1 aromatic carbocycles. The predicted molar refractivity (Wildman–Crippen MR) is 89.9 cm³/mol. The summed E-state index contributed by atoms with van der Waals surface area (Å²) in [7, 11) is 0. The van der Waals surface area contributed by atoms with Crippen LogP contribution in [0.3, 0.4) is 0 Å². The number of hydrogen-bond acceptors (Lipinski definition) is 2. The van der Waals surface area contributed by atoms with E-state index in [4.69, 9.17) is 16.7 Å². The minimum absolute atomic E-state index is 0.162. The molecule has 0 saturated heterocycles. The Morgan fingerprint density at radius 3 is 2.77 bits per heavy atom. The maximum atomic E-state index is 12.8. The lowest BCUT2D eigenvalue weighted by atomic mass is 9.79. The van der Waals surface area contributed by atoms with Crippen molar-refractivity contribution in [2.45, 2.75) is 45.4 Å². The van der Waals surface area contributed by atoms with Crippen molar-refractivity contribution < 1.29 is 9.90 Å². The fraction of sp³-hybridized carbons (Fsp3) is 0.611. The van der Waals surface area contributed by atoms with Crippen molar-refractivity contribution >= 4 is 17.5 Å². The Labute approximate surface area is 138 Å². The molecule has 0 aromatic heterocycles. The van der Waals surface area contributed by atoms with E-state index in [0.717, 1.165) is 49.1 Å². The van der Waals surface area contributed by atoms with Crippen LogP contribution in [0.4, 0.5) is 0 Å². The summed E-state index contributed by atoms with van der Waals surface area (Å²) in [6.07, 6.45) is 5.59. The van der Waals surface area contributed by atoms with Crippen molar-refractivity contribution in [1.29, 1.82) is 0 Å². The molecule has 1 unspecified atom stereocenters. The van der Waals surface area contributed by atoms with Crippen LogP contribution in [0, 0.1) is 11.3 Å². The Balaban J connectivity index is 2.03. The molecule has 1 fully saturated rings. The molecule has 1 atom stereocenters. The second-order valence-electron chi connectivity index (χ2n) is 6.62. The largest absolute Gasteiger partial charge is 0.396 e. The molecule has 22 heavy (non-hydrogen) atoms. The molecule has 1 aromatic rings. The maximum absolute atomic E-state index is 12.8. The van der Waals surface area contributed by atoms with Crippen LogP contribution in [0.1, 0.15) is 44.6 Å². The molecule has 3 nitrogen and oxygen atoms in total. The van der Waals surface area contributed by atoms with Crippen molar-refractivity contribution in [3.05, 3.63) is 34.9 Å². The lowest BCUT2D eigenvalue weighted by molar-refractivity contribution is -0.131. The zero-order valence-electron chi connectivity index (χ0n) is 13.3. The van der Waals surface area contributed by atoms with Gasteiger partial charge in [-0.25, -0.2) is 0 Å². The van der Waals surface area contributed by atoms with E-state index >= 15 is 0 Å². The summed E-state index contributed by atoms with van der Waals surface area (Å²) >= 11 is 6.07. The highest BCUT2D eigenvalue weighted by atomic mass is 35.5. The summed E-state index contributed by atoms with van der Waals surface area (Å²) in [5.41, 5.74) is 0.844. The molecule has 1 aliphatic rings. The zero-order chi connectivity index (χ0) is 16.0. The van der Waals surface area contributed by atoms with Crippen molar-refractivity contribution in [1.82, 2.24) is 5.32 Å². The molecule has 2 N–H and O–H groups in total. The van der Waals surface area contributed by atoms with E-state index < -0.39 is 0 Å². The summed E-state index contributed by atoms with van der Waals surface area (Å²) in [6.45, 7) is 2.86. The molecule has 0 bridgehead atoms. The Morgan fingerprint density at radius 1 is 1.41 bits per heavy atom. The Kier molecular flexibility index (Phi) is 6.27. The average molecular weight is 324 g/mol. The molecule has 0 heterocycles. The third kappa shape index (κ3) is 4.47. The minimum atomic E-state index is -0.288. The Morgan fingerprint density at radius 2 is 2.14 bits per heavy atom. The number of aliphatic hydroxyl groups excluding tert-OH is 1. The number of benzene rings is 1. The zero-order valence-corrected chi connectivity index (χ0v) is 14.0. The highest BCUT2D eigenvalue weighted by molar-refractivity contribution is 6.30. The summed E-state index contributed by atoms with van der Waals surface area (Å²) in [5.74, 6) is 0.466. The second kappa shape index (κ2) is 7.98. The fourth-order valence-corrected chi connectivity index (χ4v) is 3.56. The quantitative estimate of drug-likeness (QED) is 0.805. The van der Waals surface area contributed by atoms with Gasteiger partial charge in [0, 0.05) is 18.2 Å². The molecule has 0 aliphatic heterocycles. The number of halogens is 1. The van der Waals surface area contributed by atoms with Crippen molar-refractivity contribution in [3.8, 4) is 0 Å². The van der Waals surface area contributed by atoms with Crippen molar-refractivity contribution in [2.75, 3.05) is 13.2 Å². The van der Waals surface area contributed by atoms with Gasteiger partial charge in [-0.1, -0.05) is 43.5 Å². The van der Waals surface area contributed by atoms with Crippen LogP contribution < -0.4 is 5.32 Å². The number of amides is 1. The number of carbonyl (C=O) groups is 1. The highest BCUT2D eigenvalue weighted by Crippen LogP contribution is 2.41. The lowest BCUT2D eigenvalue weighted by Gasteiger charge is -2.28. The van der Waals surface area contributed by atoms with Gasteiger partial charge in [0.05, 0.1) is 5.41 Å². The van der Waals surface area contributed by atoms with Gasteiger partial charge in [0.2, 0.25) is 5.91 Å². The van der Waals surface area contributed by atoms with Gasteiger partial charge in [-0.05, 0) is 49.3 Å². The van der Waals surface area contributed by atoms with Crippen LogP contribution in [-0.4, -0.2) is 24.2 Å². The van der Waals surface area contributed by atoms with Crippen LogP contribution in [0.15, 0.2) is 24.3 Å². The maximum Gasteiger partial charge on any atom is 0.226 e. The predicted octanol–water partition coefficient (Wildman–Crippen LogP) is 3.58. The van der Waals surface area contributed by atoms with E-state index in [9.17, 15) is 4.79 Å². The van der Waals surface area contributed by atoms with Crippen molar-refractivity contribution in [2.24, 2.45) is 11.3 Å². The van der Waals surface area contributed by atoms with E-state index in [1.807, 2.05) is 24.3 Å². The van der Waals surface area contributed by atoms with Crippen LogP contribution in [-0.2, 0) is 11.2 Å². The molecular weight excluding hydrogens is 298 g/mol. The summed E-state index contributed by atoms with van der Waals surface area (Å²) in [5, 5.41) is 12.8. The molecule has 0 spiro atoms. The van der Waals surface area contributed by atoms with Crippen LogP contribution in [0.5, 0.6) is 0 Å². The van der Waals surface area contributed by atoms with Gasteiger partial charge in [0.15, 0.2) is 0 Å². The standard InChI is InChI=1S/C18H26ClNO2/c1-14(7-10-21)13-20-17(22)18(8-2-3-9-18)12-15-5-4-6-16(19)11-15/h4-6,11,14,21H,2-3,7-10,12-13H2,1H3,(H,20,22). The van der Waals surface area contributed by atoms with E-state index in [-0.39, 0.29) is 17.9 Å². The number of hydrogen-bond donors (Lipinski definition) is 2. The first-order valence-corrected chi connectivity index (χ1v) is 8.57. The van der Waals surface area contributed by atoms with Gasteiger partial charge in [0.1, 0.15) is 0 Å². The smallest absolute Gasteiger partial charge is 0.226 e. The monoisotopic (exact) mass is 323 g/mol. The average Bonchev–Trinajstić information content (AvgIpc) is 2.95. The van der Waals surface area contributed by atoms with E-state index in [0.29, 0.717) is 12.5 Å². The normalized spacial score (nSPS) is 18.1. The summed E-state index contributed by atoms with van der Waals surface area (Å²) in [6, 6.07) is 7.82. The van der Waals surface area contributed by atoms with Gasteiger partial charge in [0.25, 0.3) is 0 Å². The molecule has 1 saturated carbocycles. The first-order valence-electron chi connectivity index (χ1n) is 8.19. The highest BCUT2D eigenvalue weighted by Gasteiger charge is 2.40. The third-order valence-corrected chi connectivity index (χ3v) is 4.94. The summed E-state index contributed by atoms with van der Waals surface area (Å²) in [4.78, 5) is 12.8. The first kappa shape index (κ1) is 17.3. The molecule has 2 rings (SSSR count). The molecule has 1 aliphatic carbocycles. The molecular formula is C18H26ClNO2. The SMILES string of the molecule is CC(CCO)CNC(=O)C1(Cc2cccc(Cl)c2)CCCC1. The lowest BCUT2D eigenvalue weighted by Crippen LogP contribution is -2.42. The topological polar surface area (TPSA) is 49.3 Å². The van der Waals surface area contributed by atoms with Crippen LogP contribution >= 0.6 is 11.6 Å². The molecule has 4 heteroatoms. The third-order valence-electron chi connectivity index (χ3n) is 4.71. The van der Waals surface area contributed by atoms with E-state index in [1.54, 1.807) is 0 Å². The van der Waals surface area contributed by atoms with Crippen molar-refractivity contribution in [3.63, 3.8) is 0 Å². The number of nitrogens with one attached hydrogen (secondary N) is 1. The van der Waals surface area contributed by atoms with E-state index in [2.05, 4.69) is 12.2 Å². The molecule has 122 valence electrons.